The van der Waals surface area contributed by atoms with Gasteiger partial charge >= 0.3 is 0 Å². The van der Waals surface area contributed by atoms with Crippen LogP contribution in [0.25, 0.3) is 0 Å². The Morgan fingerprint density at radius 1 is 1.38 bits per heavy atom. The molecule has 0 atom stereocenters. The molecule has 1 aromatic carbocycles. The number of nitrogens with one attached hydrogen (secondary N) is 1. The maximum atomic E-state index is 12.2. The molecule has 1 aliphatic carbocycles. The van der Waals surface area contributed by atoms with Crippen LogP contribution in [0.2, 0.25) is 0 Å². The molecule has 0 radical (unpaired) electrons. The summed E-state index contributed by atoms with van der Waals surface area (Å²) in [4.78, 5) is 29.7. The lowest BCUT2D eigenvalue weighted by atomic mass is 9.91. The number of aliphatic imine (C=N–C) groups is 1. The van der Waals surface area contributed by atoms with Gasteiger partial charge in [-0.1, -0.05) is 18.7 Å². The molecule has 0 unspecified atom stereocenters. The smallest absolute Gasteiger partial charge is 0.286 e. The van der Waals surface area contributed by atoms with Crippen LogP contribution in [0.3, 0.4) is 0 Å². The maximum Gasteiger partial charge on any atom is 0.286 e. The van der Waals surface area contributed by atoms with E-state index in [-0.39, 0.29) is 11.6 Å². The Labute approximate surface area is 152 Å². The quantitative estimate of drug-likeness (QED) is 0.421. The van der Waals surface area contributed by atoms with Gasteiger partial charge in [0.2, 0.25) is 5.78 Å². The Balaban J connectivity index is 1.89. The lowest BCUT2D eigenvalue weighted by Gasteiger charge is -2.34. The number of hydrogen-bond donors (Lipinski definition) is 3. The topological polar surface area (TPSA) is 114 Å². The van der Waals surface area contributed by atoms with Crippen molar-refractivity contribution in [2.24, 2.45) is 16.5 Å². The predicted octanol–water partition coefficient (Wildman–Crippen LogP) is 0.742. The van der Waals surface area contributed by atoms with Crippen molar-refractivity contribution in [2.75, 3.05) is 18.5 Å². The van der Waals surface area contributed by atoms with Crippen LogP contribution < -0.4 is 21.7 Å². The lowest BCUT2D eigenvalue weighted by Crippen LogP contribution is -2.39. The van der Waals surface area contributed by atoms with Gasteiger partial charge in [0.25, 0.3) is 5.91 Å². The molecule has 5 N–H and O–H groups in total. The summed E-state index contributed by atoms with van der Waals surface area (Å²) in [6.07, 6.45) is 2.96. The van der Waals surface area contributed by atoms with E-state index in [0.717, 1.165) is 42.6 Å². The standard InChI is InChI=1S/C19H23N5O2/c1-11-15(20)16(17(11)25)24-8-4-3-5-13-7-6-12(9-14(13)24)10-23-19(26)18(21)22-2/h6-7,9H,1,3-5,8,10,20H2,2H3,(H2,21,22)(H,23,26). The van der Waals surface area contributed by atoms with E-state index < -0.39 is 5.91 Å². The van der Waals surface area contributed by atoms with Gasteiger partial charge in [0, 0.05) is 31.4 Å². The second-order valence-electron chi connectivity index (χ2n) is 6.43. The van der Waals surface area contributed by atoms with E-state index in [0.29, 0.717) is 23.5 Å². The van der Waals surface area contributed by atoms with Crippen LogP contribution in [0.15, 0.2) is 46.7 Å². The lowest BCUT2D eigenvalue weighted by molar-refractivity contribution is -0.115. The van der Waals surface area contributed by atoms with E-state index in [2.05, 4.69) is 16.9 Å². The first-order valence-electron chi connectivity index (χ1n) is 8.57. The normalized spacial score (nSPS) is 17.6. The second kappa shape index (κ2) is 7.03. The molecule has 136 valence electrons. The van der Waals surface area contributed by atoms with E-state index in [1.807, 2.05) is 23.1 Å². The van der Waals surface area contributed by atoms with Crippen molar-refractivity contribution in [1.82, 2.24) is 5.32 Å². The molecule has 26 heavy (non-hydrogen) atoms. The second-order valence-corrected chi connectivity index (χ2v) is 6.43. The number of allylic oxidation sites excluding steroid dienone is 2. The predicted molar refractivity (Wildman–Crippen MR) is 101 cm³/mol. The number of amides is 1. The average Bonchev–Trinajstić information content (AvgIpc) is 2.87. The van der Waals surface area contributed by atoms with Gasteiger partial charge in [-0.3, -0.25) is 14.6 Å². The number of benzene rings is 1. The van der Waals surface area contributed by atoms with Gasteiger partial charge < -0.3 is 21.7 Å². The summed E-state index contributed by atoms with van der Waals surface area (Å²) in [7, 11) is 1.47. The number of nitrogens with two attached hydrogens (primary N) is 2. The van der Waals surface area contributed by atoms with E-state index in [1.165, 1.54) is 7.05 Å². The van der Waals surface area contributed by atoms with Crippen LogP contribution in [0.1, 0.15) is 24.0 Å². The molecular formula is C19H23N5O2. The highest BCUT2D eigenvalue weighted by molar-refractivity contribution is 6.37. The molecule has 1 amide bonds. The molecule has 7 heteroatoms. The summed E-state index contributed by atoms with van der Waals surface area (Å²) in [5.41, 5.74) is 15.9. The zero-order valence-electron chi connectivity index (χ0n) is 14.8. The van der Waals surface area contributed by atoms with Gasteiger partial charge in [0.05, 0.1) is 5.70 Å². The largest absolute Gasteiger partial charge is 0.396 e. The van der Waals surface area contributed by atoms with Crippen molar-refractivity contribution in [3.05, 3.63) is 52.9 Å². The van der Waals surface area contributed by atoms with Gasteiger partial charge in [0.15, 0.2) is 5.84 Å². The summed E-state index contributed by atoms with van der Waals surface area (Å²) >= 11 is 0. The van der Waals surface area contributed by atoms with Crippen molar-refractivity contribution >= 4 is 23.2 Å². The Kier molecular flexibility index (Phi) is 4.79. The maximum absolute atomic E-state index is 12.2. The molecule has 1 heterocycles. The Bertz CT molecular complexity index is 853. The molecule has 0 aromatic heterocycles. The highest BCUT2D eigenvalue weighted by Crippen LogP contribution is 2.36. The first kappa shape index (κ1) is 17.7. The number of carbonyl (C=O) groups is 2. The molecule has 0 spiro atoms. The van der Waals surface area contributed by atoms with E-state index in [4.69, 9.17) is 11.5 Å². The molecule has 0 bridgehead atoms. The number of amidine groups is 1. The SMILES string of the molecule is C=C1C(=O)C(N2CCCCc3ccc(CNC(=O)C(N)=NC)cc32)=C1N. The fourth-order valence-corrected chi connectivity index (χ4v) is 3.23. The molecule has 0 fully saturated rings. The number of fused-ring (bicyclic) bond motifs is 1. The molecule has 2 aliphatic rings. The number of aryl methyl sites for hydroxylation is 1. The number of Topliss-reactive ketones (excluding diaryl/α,β-unsaturated/α-hetero) is 1. The summed E-state index contributed by atoms with van der Waals surface area (Å²) in [6.45, 7) is 4.76. The molecule has 1 aromatic rings. The number of rotatable bonds is 3. The van der Waals surface area contributed by atoms with E-state index in [9.17, 15) is 9.59 Å². The van der Waals surface area contributed by atoms with Crippen molar-refractivity contribution in [1.29, 1.82) is 0 Å². The minimum Gasteiger partial charge on any atom is -0.396 e. The molecule has 0 saturated carbocycles. The average molecular weight is 353 g/mol. The number of anilines is 1. The molecule has 3 rings (SSSR count). The van der Waals surface area contributed by atoms with Crippen LogP contribution in [-0.4, -0.2) is 31.1 Å². The van der Waals surface area contributed by atoms with Crippen molar-refractivity contribution < 1.29 is 9.59 Å². The molecule has 0 saturated heterocycles. The fraction of sp³-hybridized carbons (Fsp3) is 0.316. The Morgan fingerprint density at radius 2 is 2.15 bits per heavy atom. The third-order valence-electron chi connectivity index (χ3n) is 4.78. The molecular weight excluding hydrogens is 330 g/mol. The molecule has 7 nitrogen and oxygen atoms in total. The number of carbonyl (C=O) groups excluding carboxylic acids is 2. The van der Waals surface area contributed by atoms with Crippen LogP contribution in [0, 0.1) is 0 Å². The molecule has 1 aliphatic heterocycles. The van der Waals surface area contributed by atoms with Gasteiger partial charge in [-0.2, -0.15) is 0 Å². The summed E-state index contributed by atoms with van der Waals surface area (Å²) in [5, 5.41) is 2.74. The van der Waals surface area contributed by atoms with Crippen molar-refractivity contribution in [3.63, 3.8) is 0 Å². The number of hydrogen-bond acceptors (Lipinski definition) is 5. The minimum absolute atomic E-state index is 0.0575. The Hall–Kier alpha value is -3.09. The van der Waals surface area contributed by atoms with Crippen LogP contribution in [0.4, 0.5) is 5.69 Å². The summed E-state index contributed by atoms with van der Waals surface area (Å²) in [6, 6.07) is 6.01. The third kappa shape index (κ3) is 3.08. The summed E-state index contributed by atoms with van der Waals surface area (Å²) in [5.74, 6) is -0.560. The van der Waals surface area contributed by atoms with Crippen LogP contribution in [0.5, 0.6) is 0 Å². The monoisotopic (exact) mass is 353 g/mol. The van der Waals surface area contributed by atoms with Crippen molar-refractivity contribution in [3.8, 4) is 0 Å². The number of nitrogens with zero attached hydrogens (tertiary/aromatic N) is 2. The van der Waals surface area contributed by atoms with Gasteiger partial charge in [-0.15, -0.1) is 0 Å². The van der Waals surface area contributed by atoms with Crippen LogP contribution in [-0.2, 0) is 22.6 Å². The fourth-order valence-electron chi connectivity index (χ4n) is 3.23. The Morgan fingerprint density at radius 3 is 2.85 bits per heavy atom. The zero-order chi connectivity index (χ0) is 18.8. The van der Waals surface area contributed by atoms with Gasteiger partial charge in [0.1, 0.15) is 5.70 Å². The zero-order valence-corrected chi connectivity index (χ0v) is 14.8. The first-order chi connectivity index (χ1) is 12.4. The van der Waals surface area contributed by atoms with Gasteiger partial charge in [-0.05, 0) is 36.5 Å². The highest BCUT2D eigenvalue weighted by atomic mass is 16.2. The summed E-state index contributed by atoms with van der Waals surface area (Å²) < 4.78 is 0. The van der Waals surface area contributed by atoms with E-state index >= 15 is 0 Å². The third-order valence-corrected chi connectivity index (χ3v) is 4.78. The van der Waals surface area contributed by atoms with Crippen LogP contribution >= 0.6 is 0 Å². The van der Waals surface area contributed by atoms with E-state index in [1.54, 1.807) is 0 Å². The van der Waals surface area contributed by atoms with Gasteiger partial charge in [-0.25, -0.2) is 0 Å². The van der Waals surface area contributed by atoms with Crippen molar-refractivity contribution in [2.45, 2.75) is 25.8 Å². The minimum atomic E-state index is -0.406. The highest BCUT2D eigenvalue weighted by Gasteiger charge is 2.36. The first-order valence-corrected chi connectivity index (χ1v) is 8.57. The number of ketones is 1.